The molecule has 0 aliphatic heterocycles. The van der Waals surface area contributed by atoms with Crippen molar-refractivity contribution in [3.63, 3.8) is 0 Å². The molecule has 0 heterocycles. The summed E-state index contributed by atoms with van der Waals surface area (Å²) in [6.45, 7) is 38.5. The molecule has 5 N–H and O–H groups in total. The Hall–Kier alpha value is -0.200. The molecular weight excluding hydrogens is 719 g/mol. The first kappa shape index (κ1) is 58.8. The van der Waals surface area contributed by atoms with Crippen molar-refractivity contribution in [1.82, 2.24) is 26.6 Å². The molecule has 0 radical (unpaired) electrons. The highest BCUT2D eigenvalue weighted by Crippen LogP contribution is 2.23. The predicted molar refractivity (Wildman–Crippen MR) is 269 cm³/mol. The molecule has 2 fully saturated rings. The van der Waals surface area contributed by atoms with Crippen LogP contribution in [0.1, 0.15) is 252 Å². The average molecular weight is 835 g/mol. The first-order chi connectivity index (χ1) is 28.2. The van der Waals surface area contributed by atoms with E-state index in [2.05, 4.69) is 130 Å². The van der Waals surface area contributed by atoms with Crippen LogP contribution in [0, 0.1) is 35.5 Å². The van der Waals surface area contributed by atoms with Crippen LogP contribution in [0.15, 0.2) is 0 Å². The van der Waals surface area contributed by atoms with Gasteiger partial charge in [0.15, 0.2) is 0 Å². The molecule has 5 nitrogen and oxygen atoms in total. The second-order valence-electron chi connectivity index (χ2n) is 21.4. The van der Waals surface area contributed by atoms with Gasteiger partial charge in [-0.15, -0.1) is 0 Å². The first-order valence-electron chi connectivity index (χ1n) is 26.9. The number of hydrogen-bond donors (Lipinski definition) is 5. The molecule has 59 heavy (non-hydrogen) atoms. The van der Waals surface area contributed by atoms with Crippen LogP contribution < -0.4 is 26.6 Å². The maximum absolute atomic E-state index is 3.90. The van der Waals surface area contributed by atoms with Crippen molar-refractivity contribution < 1.29 is 0 Å². The van der Waals surface area contributed by atoms with Gasteiger partial charge in [0.2, 0.25) is 0 Å². The van der Waals surface area contributed by atoms with Crippen molar-refractivity contribution in [2.24, 2.45) is 35.5 Å². The summed E-state index contributed by atoms with van der Waals surface area (Å²) in [7, 11) is 0. The van der Waals surface area contributed by atoms with Gasteiger partial charge in [0.25, 0.3) is 0 Å². The fourth-order valence-corrected chi connectivity index (χ4v) is 9.97. The van der Waals surface area contributed by atoms with Crippen LogP contribution in [0.4, 0.5) is 0 Å². The summed E-state index contributed by atoms with van der Waals surface area (Å²) < 4.78 is 0. The maximum atomic E-state index is 3.90. The van der Waals surface area contributed by atoms with Crippen molar-refractivity contribution in [1.29, 1.82) is 0 Å². The Morgan fingerprint density at radius 1 is 0.407 bits per heavy atom. The summed E-state index contributed by atoms with van der Waals surface area (Å²) in [5.74, 6) is 5.05. The lowest BCUT2D eigenvalue weighted by atomic mass is 9.88. The molecule has 0 aromatic heterocycles. The number of nitrogens with one attached hydrogen (secondary N) is 5. The standard InChI is InChI=1S/C22H46N2.C18H38N2.C14H31N/c1-5-9-11-19(7-3)17-23-21-13-15-22(16-14-21)24-18-20(8-4)12-10-6-2;1-13(2)11-15(5)19-17-9-7-8-10-18(17)20-16(6)12-14(3)4;1-6-8-9-14(7-2)11-15-13(5)10-12(3)4/h19-24H,5-18H2,1-4H3;13-20H,7-12H2,1-6H3;12-15H,6-11H2,1-5H3. The highest BCUT2D eigenvalue weighted by molar-refractivity contribution is 4.89. The van der Waals surface area contributed by atoms with Gasteiger partial charge >= 0.3 is 0 Å². The Morgan fingerprint density at radius 3 is 1.03 bits per heavy atom. The van der Waals surface area contributed by atoms with E-state index >= 15 is 0 Å². The Balaban J connectivity index is 0.000000880. The molecule has 0 bridgehead atoms. The molecule has 8 atom stereocenters. The van der Waals surface area contributed by atoms with Gasteiger partial charge in [-0.1, -0.05) is 154 Å². The Morgan fingerprint density at radius 2 is 0.729 bits per heavy atom. The van der Waals surface area contributed by atoms with E-state index in [4.69, 9.17) is 0 Å². The lowest BCUT2D eigenvalue weighted by molar-refractivity contribution is 0.236. The van der Waals surface area contributed by atoms with Gasteiger partial charge in [-0.05, 0) is 153 Å². The third kappa shape index (κ3) is 33.0. The Kier molecular flexibility index (Phi) is 38.1. The molecule has 8 unspecified atom stereocenters. The van der Waals surface area contributed by atoms with Crippen LogP contribution in [-0.2, 0) is 0 Å². The molecular formula is C54H115N5. The molecule has 2 aliphatic rings. The summed E-state index contributed by atoms with van der Waals surface area (Å²) in [6, 6.07) is 4.87. The molecule has 2 saturated carbocycles. The van der Waals surface area contributed by atoms with Crippen LogP contribution in [0.25, 0.3) is 0 Å². The lowest BCUT2D eigenvalue weighted by Gasteiger charge is -2.37. The number of unbranched alkanes of at least 4 members (excludes halogenated alkanes) is 3. The SMILES string of the molecule is CC(C)CC(C)NC1CCCCC1NC(C)CC(C)C.CCCCC(CC)CNC(C)CC(C)C.CCCCC(CC)CNC1CCC(NCC(CC)CCCC)CC1. The fourth-order valence-electron chi connectivity index (χ4n) is 9.97. The van der Waals surface area contributed by atoms with E-state index in [9.17, 15) is 0 Å². The van der Waals surface area contributed by atoms with Gasteiger partial charge in [-0.3, -0.25) is 0 Å². The van der Waals surface area contributed by atoms with Crippen molar-refractivity contribution in [2.75, 3.05) is 19.6 Å². The molecule has 2 rings (SSSR count). The van der Waals surface area contributed by atoms with Gasteiger partial charge in [0.05, 0.1) is 0 Å². The van der Waals surface area contributed by atoms with E-state index in [0.29, 0.717) is 30.2 Å². The highest BCUT2D eigenvalue weighted by Gasteiger charge is 2.27. The third-order valence-corrected chi connectivity index (χ3v) is 13.7. The normalized spacial score (nSPS) is 22.9. The maximum Gasteiger partial charge on any atom is 0.0223 e. The van der Waals surface area contributed by atoms with Gasteiger partial charge in [-0.25, -0.2) is 0 Å². The number of hydrogen-bond acceptors (Lipinski definition) is 5. The third-order valence-electron chi connectivity index (χ3n) is 13.7. The molecule has 2 aliphatic carbocycles. The summed E-state index contributed by atoms with van der Waals surface area (Å²) in [5.41, 5.74) is 0. The predicted octanol–water partition coefficient (Wildman–Crippen LogP) is 14.5. The van der Waals surface area contributed by atoms with Gasteiger partial charge in [-0.2, -0.15) is 0 Å². The average Bonchev–Trinajstić information content (AvgIpc) is 3.19. The first-order valence-corrected chi connectivity index (χ1v) is 26.9. The van der Waals surface area contributed by atoms with E-state index in [1.165, 1.54) is 167 Å². The van der Waals surface area contributed by atoms with E-state index < -0.39 is 0 Å². The van der Waals surface area contributed by atoms with E-state index in [0.717, 1.165) is 47.6 Å². The minimum absolute atomic E-state index is 0.641. The minimum atomic E-state index is 0.641. The molecule has 0 aromatic carbocycles. The highest BCUT2D eigenvalue weighted by atomic mass is 15.1. The summed E-state index contributed by atoms with van der Waals surface area (Å²) in [5, 5.41) is 19.2. The van der Waals surface area contributed by atoms with Crippen LogP contribution in [0.2, 0.25) is 0 Å². The van der Waals surface area contributed by atoms with Gasteiger partial charge < -0.3 is 26.6 Å². The summed E-state index contributed by atoms with van der Waals surface area (Å²) in [4.78, 5) is 0. The van der Waals surface area contributed by atoms with E-state index in [1.807, 2.05) is 0 Å². The largest absolute Gasteiger partial charge is 0.314 e. The Bertz CT molecular complexity index is 815. The quantitative estimate of drug-likeness (QED) is 0.0482. The van der Waals surface area contributed by atoms with Crippen molar-refractivity contribution in [3.05, 3.63) is 0 Å². The number of rotatable bonds is 31. The second-order valence-corrected chi connectivity index (χ2v) is 21.4. The topological polar surface area (TPSA) is 60.1 Å². The zero-order chi connectivity index (χ0) is 44.4. The second kappa shape index (κ2) is 38.3. The minimum Gasteiger partial charge on any atom is -0.314 e. The zero-order valence-corrected chi connectivity index (χ0v) is 43.4. The van der Waals surface area contributed by atoms with Gasteiger partial charge in [0, 0.05) is 42.3 Å². The lowest BCUT2D eigenvalue weighted by Crippen LogP contribution is -2.54. The molecule has 0 amide bonds. The van der Waals surface area contributed by atoms with E-state index in [-0.39, 0.29) is 0 Å². The monoisotopic (exact) mass is 834 g/mol. The summed E-state index contributed by atoms with van der Waals surface area (Å²) >= 11 is 0. The van der Waals surface area contributed by atoms with Crippen LogP contribution >= 0.6 is 0 Å². The molecule has 0 spiro atoms. The zero-order valence-electron chi connectivity index (χ0n) is 43.4. The molecule has 356 valence electrons. The Labute approximate surface area is 374 Å². The fraction of sp³-hybridized carbons (Fsp3) is 1.00. The van der Waals surface area contributed by atoms with Crippen molar-refractivity contribution in [3.8, 4) is 0 Å². The molecule has 5 heteroatoms. The smallest absolute Gasteiger partial charge is 0.0223 e. The molecule has 0 aromatic rings. The summed E-state index contributed by atoms with van der Waals surface area (Å²) in [6.07, 6.45) is 31.2. The van der Waals surface area contributed by atoms with Crippen molar-refractivity contribution >= 4 is 0 Å². The van der Waals surface area contributed by atoms with E-state index in [1.54, 1.807) is 0 Å². The van der Waals surface area contributed by atoms with Crippen molar-refractivity contribution in [2.45, 2.75) is 294 Å². The molecule has 0 saturated heterocycles. The van der Waals surface area contributed by atoms with Crippen LogP contribution in [-0.4, -0.2) is 61.9 Å². The van der Waals surface area contributed by atoms with Crippen LogP contribution in [0.3, 0.4) is 0 Å². The van der Waals surface area contributed by atoms with Crippen LogP contribution in [0.5, 0.6) is 0 Å². The van der Waals surface area contributed by atoms with Gasteiger partial charge in [0.1, 0.15) is 0 Å².